The number of nitrogens with zero attached hydrogens (tertiary/aromatic N) is 9. The van der Waals surface area contributed by atoms with Crippen LogP contribution in [0.15, 0.2) is 90.7 Å². The fourth-order valence-corrected chi connectivity index (χ4v) is 8.13. The number of ether oxygens (including phenoxy) is 2. The van der Waals surface area contributed by atoms with Gasteiger partial charge in [-0.1, -0.05) is 36.4 Å². The van der Waals surface area contributed by atoms with E-state index in [4.69, 9.17) is 14.5 Å². The van der Waals surface area contributed by atoms with Crippen molar-refractivity contribution in [1.82, 2.24) is 29.1 Å². The second kappa shape index (κ2) is 20.2. The number of quaternary nitrogens is 1. The van der Waals surface area contributed by atoms with Gasteiger partial charge < -0.3 is 33.7 Å². The first-order chi connectivity index (χ1) is 29.3. The summed E-state index contributed by atoms with van der Waals surface area (Å²) in [6.07, 6.45) is 17.0. The summed E-state index contributed by atoms with van der Waals surface area (Å²) >= 11 is 0. The molecular weight excluding hydrogens is 757 g/mol. The molecule has 0 amide bonds. The van der Waals surface area contributed by atoms with Crippen LogP contribution in [0.5, 0.6) is 0 Å². The summed E-state index contributed by atoms with van der Waals surface area (Å²) in [4.78, 5) is 50.0. The molecule has 314 valence electrons. The van der Waals surface area contributed by atoms with E-state index < -0.39 is 0 Å². The maximum absolute atomic E-state index is 11.7. The van der Waals surface area contributed by atoms with E-state index in [1.54, 1.807) is 38.6 Å². The summed E-state index contributed by atoms with van der Waals surface area (Å²) in [5, 5.41) is 5.03. The number of fused-ring (bicyclic) bond motifs is 2. The second-order valence-corrected chi connectivity index (χ2v) is 15.6. The average Bonchev–Trinajstić information content (AvgIpc) is 3.79. The molecule has 14 heteroatoms. The van der Waals surface area contributed by atoms with E-state index >= 15 is 0 Å². The highest BCUT2D eigenvalue weighted by Gasteiger charge is 2.24. The van der Waals surface area contributed by atoms with E-state index in [9.17, 15) is 9.59 Å². The Morgan fingerprint density at radius 2 is 1.18 bits per heavy atom. The minimum absolute atomic E-state index is 0.344. The summed E-state index contributed by atoms with van der Waals surface area (Å²) in [5.41, 5.74) is 5.88. The van der Waals surface area contributed by atoms with E-state index in [1.165, 1.54) is 32.9 Å². The molecular formula is C46H57N10O4+. The number of hydrogen-bond acceptors (Lipinski definition) is 11. The van der Waals surface area contributed by atoms with Crippen molar-refractivity contribution in [3.63, 3.8) is 0 Å². The number of benzene rings is 2. The molecule has 6 aromatic rings. The van der Waals surface area contributed by atoms with Crippen LogP contribution in [0.25, 0.3) is 21.8 Å². The molecule has 0 saturated carbocycles. The van der Waals surface area contributed by atoms with Gasteiger partial charge in [-0.2, -0.15) is 0 Å². The Morgan fingerprint density at radius 3 is 1.73 bits per heavy atom. The fraction of sp³-hybridized carbons (Fsp3) is 0.413. The van der Waals surface area contributed by atoms with Gasteiger partial charge in [-0.05, 0) is 57.6 Å². The van der Waals surface area contributed by atoms with Gasteiger partial charge in [0, 0.05) is 129 Å². The lowest BCUT2D eigenvalue weighted by atomic mass is 9.97. The molecule has 0 spiro atoms. The van der Waals surface area contributed by atoms with E-state index in [1.807, 2.05) is 6.21 Å². The van der Waals surface area contributed by atoms with Crippen molar-refractivity contribution < 1.29 is 24.4 Å². The number of carbonyl (C=O) groups excluding carboxylic acids is 2. The van der Waals surface area contributed by atoms with Gasteiger partial charge >= 0.3 is 11.9 Å². The molecule has 0 atom stereocenters. The average molecular weight is 814 g/mol. The summed E-state index contributed by atoms with van der Waals surface area (Å²) < 4.78 is 14.3. The number of aliphatic imine (C=N–C) groups is 1. The van der Waals surface area contributed by atoms with Crippen molar-refractivity contribution in [3.05, 3.63) is 108 Å². The number of esters is 2. The van der Waals surface area contributed by atoms with Crippen LogP contribution in [0.3, 0.4) is 0 Å². The normalized spacial score (nSPS) is 15.1. The van der Waals surface area contributed by atoms with Gasteiger partial charge in [-0.25, -0.2) is 29.5 Å². The van der Waals surface area contributed by atoms with E-state index in [0.29, 0.717) is 48.1 Å². The Bertz CT molecular complexity index is 2360. The van der Waals surface area contributed by atoms with Gasteiger partial charge in [0.1, 0.15) is 6.54 Å². The lowest BCUT2D eigenvalue weighted by Gasteiger charge is -2.31. The molecule has 0 aliphatic carbocycles. The van der Waals surface area contributed by atoms with Crippen LogP contribution in [-0.2, 0) is 30.1 Å². The van der Waals surface area contributed by atoms with Crippen LogP contribution in [0.4, 0.5) is 11.9 Å². The number of aryl methyl sites for hydroxylation is 2. The molecule has 0 bridgehead atoms. The molecule has 4 aromatic heterocycles. The van der Waals surface area contributed by atoms with E-state index in [2.05, 4.69) is 119 Å². The Morgan fingerprint density at radius 1 is 0.700 bits per heavy atom. The number of hydrogen-bond donors (Lipinski definition) is 1. The van der Waals surface area contributed by atoms with Gasteiger partial charge in [0.25, 0.3) is 0 Å². The Labute approximate surface area is 351 Å². The minimum atomic E-state index is -0.383. The predicted octanol–water partition coefficient (Wildman–Crippen LogP) is 5.61. The highest BCUT2D eigenvalue weighted by atomic mass is 16.5. The Hall–Kier alpha value is -6.15. The molecule has 2 aromatic carbocycles. The molecule has 8 rings (SSSR count). The number of aromatic nitrogens is 6. The zero-order chi connectivity index (χ0) is 41.8. The zero-order valence-corrected chi connectivity index (χ0v) is 35.2. The summed E-state index contributed by atoms with van der Waals surface area (Å²) in [6.45, 7) is 10.9. The van der Waals surface area contributed by atoms with Gasteiger partial charge in [0.2, 0.25) is 11.9 Å². The standard InChI is InChI=1S/C23H29N5O2.C23H27N5O2/c2*1-3-30-22(29)18-14-25-23(26-15-18)28-10-8-17(9-11-28)12-24-13-19-16-27(2)21-7-5-4-6-20(19)21/h4-7,14-17,24H,3,8-13H2,1-2H3;4-7,13-17H,3,8-12H2,1-2H3/p+1. The molecule has 2 aliphatic heterocycles. The van der Waals surface area contributed by atoms with Crippen molar-refractivity contribution in [2.45, 2.75) is 46.1 Å². The van der Waals surface area contributed by atoms with Crippen molar-refractivity contribution in [2.75, 3.05) is 62.3 Å². The molecule has 2 N–H and O–H groups in total. The number of nitrogens with two attached hydrogens (primary N) is 1. The third kappa shape index (κ3) is 10.3. The van der Waals surface area contributed by atoms with Gasteiger partial charge in [0.15, 0.2) is 0 Å². The van der Waals surface area contributed by atoms with Crippen LogP contribution < -0.4 is 15.1 Å². The smallest absolute Gasteiger partial charge is 0.341 e. The maximum atomic E-state index is 11.7. The van der Waals surface area contributed by atoms with E-state index in [-0.39, 0.29) is 11.9 Å². The number of anilines is 2. The zero-order valence-electron chi connectivity index (χ0n) is 35.2. The van der Waals surface area contributed by atoms with Crippen molar-refractivity contribution in [2.24, 2.45) is 30.9 Å². The lowest BCUT2D eigenvalue weighted by Crippen LogP contribution is -2.84. The van der Waals surface area contributed by atoms with Crippen molar-refractivity contribution in [1.29, 1.82) is 0 Å². The molecule has 0 unspecified atom stereocenters. The number of carbonyl (C=O) groups is 2. The first-order valence-corrected chi connectivity index (χ1v) is 21.2. The molecule has 14 nitrogen and oxygen atoms in total. The summed E-state index contributed by atoms with van der Waals surface area (Å²) in [5.74, 6) is 1.87. The van der Waals surface area contributed by atoms with Crippen molar-refractivity contribution in [3.8, 4) is 0 Å². The van der Waals surface area contributed by atoms with Crippen LogP contribution in [0.2, 0.25) is 0 Å². The SMILES string of the molecule is CCOC(=O)c1cnc(N2CCC(CN=Cc3cn(C)c4ccccc34)CC2)nc1.CCOC(=O)c1cnc(N2CCC(C[NH2+]Cc3cn(C)c4ccccc34)CC2)nc1. The number of piperidine rings is 2. The van der Waals surface area contributed by atoms with Gasteiger partial charge in [-0.3, -0.25) is 4.99 Å². The third-order valence-corrected chi connectivity index (χ3v) is 11.5. The monoisotopic (exact) mass is 813 g/mol. The largest absolute Gasteiger partial charge is 0.462 e. The highest BCUT2D eigenvalue weighted by Crippen LogP contribution is 2.24. The van der Waals surface area contributed by atoms with Crippen LogP contribution >= 0.6 is 0 Å². The van der Waals surface area contributed by atoms with Crippen LogP contribution in [0, 0.1) is 11.8 Å². The first-order valence-electron chi connectivity index (χ1n) is 21.2. The molecule has 2 saturated heterocycles. The maximum Gasteiger partial charge on any atom is 0.341 e. The fourth-order valence-electron chi connectivity index (χ4n) is 8.13. The molecule has 60 heavy (non-hydrogen) atoms. The predicted molar refractivity (Wildman–Crippen MR) is 235 cm³/mol. The molecule has 2 fully saturated rings. The minimum Gasteiger partial charge on any atom is -0.462 e. The van der Waals surface area contributed by atoms with E-state index in [0.717, 1.165) is 71.5 Å². The van der Waals surface area contributed by atoms with Crippen LogP contribution in [-0.4, -0.2) is 99.7 Å². The van der Waals surface area contributed by atoms with Crippen molar-refractivity contribution >= 4 is 51.9 Å². The van der Waals surface area contributed by atoms with Gasteiger partial charge in [0.05, 0.1) is 30.9 Å². The molecule has 6 heterocycles. The molecule has 0 radical (unpaired) electrons. The lowest BCUT2D eigenvalue weighted by molar-refractivity contribution is -0.676. The van der Waals surface area contributed by atoms with Gasteiger partial charge in [-0.15, -0.1) is 0 Å². The number of para-hydroxylation sites is 2. The Kier molecular flexibility index (Phi) is 14.1. The second-order valence-electron chi connectivity index (χ2n) is 15.6. The number of rotatable bonds is 13. The van der Waals surface area contributed by atoms with Crippen LogP contribution in [0.1, 0.15) is 71.4 Å². The Balaban J connectivity index is 0.000000181. The quantitative estimate of drug-likeness (QED) is 0.115. The third-order valence-electron chi connectivity index (χ3n) is 11.5. The first kappa shape index (κ1) is 42.0. The summed E-state index contributed by atoms with van der Waals surface area (Å²) in [7, 11) is 4.18. The highest BCUT2D eigenvalue weighted by molar-refractivity contribution is 5.99. The topological polar surface area (TPSA) is 149 Å². The molecule has 2 aliphatic rings. The summed E-state index contributed by atoms with van der Waals surface area (Å²) in [6, 6.07) is 17.0.